The molecule has 0 fully saturated rings. The molecule has 0 aromatic heterocycles. The molecule has 0 aliphatic heterocycles. The standard InChI is InChI=1S/C18H31NO2/c1-4-6-7-8-13-21-16-11-9-15(10-12-16)14-18(20-3)17(19)5-2/h9-12,17-18H,4-8,13-14,19H2,1-3H3/t17?,18-/m1/s1. The van der Waals surface area contributed by atoms with Crippen LogP contribution in [0, 0.1) is 0 Å². The fourth-order valence-corrected chi connectivity index (χ4v) is 2.35. The second-order valence-corrected chi connectivity index (χ2v) is 5.60. The van der Waals surface area contributed by atoms with Crippen molar-refractivity contribution in [2.75, 3.05) is 13.7 Å². The van der Waals surface area contributed by atoms with Crippen LogP contribution in [0.1, 0.15) is 51.5 Å². The Hall–Kier alpha value is -1.06. The molecule has 1 aromatic rings. The van der Waals surface area contributed by atoms with Crippen LogP contribution in [-0.4, -0.2) is 25.9 Å². The lowest BCUT2D eigenvalue weighted by Crippen LogP contribution is -2.37. The fraction of sp³-hybridized carbons (Fsp3) is 0.667. The Balaban J connectivity index is 2.39. The van der Waals surface area contributed by atoms with Crippen molar-refractivity contribution in [3.63, 3.8) is 0 Å². The summed E-state index contributed by atoms with van der Waals surface area (Å²) in [5.74, 6) is 0.948. The molecule has 1 rings (SSSR count). The maximum absolute atomic E-state index is 6.06. The van der Waals surface area contributed by atoms with E-state index in [2.05, 4.69) is 26.0 Å². The van der Waals surface area contributed by atoms with Gasteiger partial charge in [0.15, 0.2) is 0 Å². The van der Waals surface area contributed by atoms with Crippen LogP contribution in [0.25, 0.3) is 0 Å². The smallest absolute Gasteiger partial charge is 0.119 e. The largest absolute Gasteiger partial charge is 0.494 e. The highest BCUT2D eigenvalue weighted by molar-refractivity contribution is 5.27. The van der Waals surface area contributed by atoms with Gasteiger partial charge in [-0.2, -0.15) is 0 Å². The van der Waals surface area contributed by atoms with E-state index in [4.69, 9.17) is 15.2 Å². The number of unbranched alkanes of at least 4 members (excludes halogenated alkanes) is 3. The van der Waals surface area contributed by atoms with E-state index < -0.39 is 0 Å². The van der Waals surface area contributed by atoms with Crippen molar-refractivity contribution in [3.05, 3.63) is 29.8 Å². The first kappa shape index (κ1) is 18.0. The monoisotopic (exact) mass is 293 g/mol. The van der Waals surface area contributed by atoms with Crippen LogP contribution in [-0.2, 0) is 11.2 Å². The zero-order chi connectivity index (χ0) is 15.5. The molecule has 0 saturated carbocycles. The summed E-state index contributed by atoms with van der Waals surface area (Å²) < 4.78 is 11.2. The van der Waals surface area contributed by atoms with Gasteiger partial charge >= 0.3 is 0 Å². The summed E-state index contributed by atoms with van der Waals surface area (Å²) in [4.78, 5) is 0. The first-order valence-corrected chi connectivity index (χ1v) is 8.21. The van der Waals surface area contributed by atoms with E-state index in [9.17, 15) is 0 Å². The van der Waals surface area contributed by atoms with E-state index in [1.807, 2.05) is 12.1 Å². The van der Waals surface area contributed by atoms with Crippen molar-refractivity contribution in [1.82, 2.24) is 0 Å². The van der Waals surface area contributed by atoms with Gasteiger partial charge < -0.3 is 15.2 Å². The van der Waals surface area contributed by atoms with Crippen molar-refractivity contribution in [3.8, 4) is 5.75 Å². The van der Waals surface area contributed by atoms with Crippen LogP contribution >= 0.6 is 0 Å². The number of hydrogen-bond acceptors (Lipinski definition) is 3. The van der Waals surface area contributed by atoms with Gasteiger partial charge in [-0.3, -0.25) is 0 Å². The molecule has 0 aliphatic rings. The van der Waals surface area contributed by atoms with Crippen LogP contribution in [0.3, 0.4) is 0 Å². The first-order chi connectivity index (χ1) is 10.2. The molecule has 2 atom stereocenters. The summed E-state index contributed by atoms with van der Waals surface area (Å²) in [7, 11) is 1.73. The summed E-state index contributed by atoms with van der Waals surface area (Å²) in [6, 6.07) is 8.38. The highest BCUT2D eigenvalue weighted by Gasteiger charge is 2.15. The van der Waals surface area contributed by atoms with Crippen LogP contribution in [0.5, 0.6) is 5.75 Å². The molecular weight excluding hydrogens is 262 g/mol. The quantitative estimate of drug-likeness (QED) is 0.628. The molecule has 0 amide bonds. The number of benzene rings is 1. The third kappa shape index (κ3) is 6.96. The van der Waals surface area contributed by atoms with E-state index >= 15 is 0 Å². The topological polar surface area (TPSA) is 44.5 Å². The Morgan fingerprint density at radius 3 is 2.33 bits per heavy atom. The highest BCUT2D eigenvalue weighted by atomic mass is 16.5. The van der Waals surface area contributed by atoms with Gasteiger partial charge in [-0.1, -0.05) is 45.2 Å². The minimum absolute atomic E-state index is 0.0795. The zero-order valence-electron chi connectivity index (χ0n) is 13.8. The van der Waals surface area contributed by atoms with Crippen molar-refractivity contribution in [2.24, 2.45) is 5.73 Å². The van der Waals surface area contributed by atoms with Crippen LogP contribution in [0.15, 0.2) is 24.3 Å². The van der Waals surface area contributed by atoms with Crippen molar-refractivity contribution in [2.45, 2.75) is 64.5 Å². The lowest BCUT2D eigenvalue weighted by Gasteiger charge is -2.21. The number of hydrogen-bond donors (Lipinski definition) is 1. The Kier molecular flexibility index (Phi) is 9.11. The van der Waals surface area contributed by atoms with Gasteiger partial charge in [-0.15, -0.1) is 0 Å². The molecule has 0 saturated heterocycles. The normalized spacial score (nSPS) is 13.9. The van der Waals surface area contributed by atoms with Gasteiger partial charge in [0, 0.05) is 19.6 Å². The van der Waals surface area contributed by atoms with Gasteiger partial charge in [0.2, 0.25) is 0 Å². The lowest BCUT2D eigenvalue weighted by atomic mass is 10.0. The van der Waals surface area contributed by atoms with Gasteiger partial charge in [0.1, 0.15) is 5.75 Å². The van der Waals surface area contributed by atoms with Crippen LogP contribution in [0.2, 0.25) is 0 Å². The fourth-order valence-electron chi connectivity index (χ4n) is 2.35. The molecule has 1 unspecified atom stereocenters. The Morgan fingerprint density at radius 2 is 1.76 bits per heavy atom. The minimum atomic E-state index is 0.0795. The number of rotatable bonds is 11. The summed E-state index contributed by atoms with van der Waals surface area (Å²) in [5, 5.41) is 0. The van der Waals surface area contributed by atoms with E-state index in [-0.39, 0.29) is 12.1 Å². The predicted octanol–water partition coefficient (Wildman–Crippen LogP) is 3.94. The first-order valence-electron chi connectivity index (χ1n) is 8.21. The van der Waals surface area contributed by atoms with Gasteiger partial charge in [-0.25, -0.2) is 0 Å². The summed E-state index contributed by atoms with van der Waals surface area (Å²) in [6.07, 6.45) is 6.79. The number of methoxy groups -OCH3 is 1. The van der Waals surface area contributed by atoms with Crippen molar-refractivity contribution in [1.29, 1.82) is 0 Å². The Morgan fingerprint density at radius 1 is 1.05 bits per heavy atom. The molecule has 0 radical (unpaired) electrons. The molecule has 0 spiro atoms. The van der Waals surface area contributed by atoms with Gasteiger partial charge in [-0.05, 0) is 30.5 Å². The van der Waals surface area contributed by atoms with E-state index in [0.717, 1.165) is 31.6 Å². The predicted molar refractivity (Wildman–Crippen MR) is 88.8 cm³/mol. The SMILES string of the molecule is CCCCCCOc1ccc(C[C@@H](OC)C(N)CC)cc1. The molecule has 0 aliphatic carbocycles. The summed E-state index contributed by atoms with van der Waals surface area (Å²) in [5.41, 5.74) is 7.30. The van der Waals surface area contributed by atoms with Crippen LogP contribution in [0.4, 0.5) is 0 Å². The van der Waals surface area contributed by atoms with Crippen LogP contribution < -0.4 is 10.5 Å². The second-order valence-electron chi connectivity index (χ2n) is 5.60. The Labute approximate surface area is 129 Å². The third-order valence-corrected chi connectivity index (χ3v) is 3.88. The lowest BCUT2D eigenvalue weighted by molar-refractivity contribution is 0.0795. The zero-order valence-corrected chi connectivity index (χ0v) is 13.8. The number of ether oxygens (including phenoxy) is 2. The Bertz CT molecular complexity index is 364. The molecule has 21 heavy (non-hydrogen) atoms. The average molecular weight is 293 g/mol. The maximum atomic E-state index is 6.06. The number of nitrogens with two attached hydrogens (primary N) is 1. The third-order valence-electron chi connectivity index (χ3n) is 3.88. The molecule has 3 nitrogen and oxygen atoms in total. The molecule has 120 valence electrons. The summed E-state index contributed by atoms with van der Waals surface area (Å²) >= 11 is 0. The molecule has 0 heterocycles. The molecule has 2 N–H and O–H groups in total. The highest BCUT2D eigenvalue weighted by Crippen LogP contribution is 2.16. The average Bonchev–Trinajstić information content (AvgIpc) is 2.53. The molecule has 3 heteroatoms. The summed E-state index contributed by atoms with van der Waals surface area (Å²) in [6.45, 7) is 5.12. The molecule has 1 aromatic carbocycles. The van der Waals surface area contributed by atoms with E-state index in [1.165, 1.54) is 24.8 Å². The van der Waals surface area contributed by atoms with E-state index in [1.54, 1.807) is 7.11 Å². The van der Waals surface area contributed by atoms with Gasteiger partial charge in [0.05, 0.1) is 12.7 Å². The van der Waals surface area contributed by atoms with Crippen molar-refractivity contribution >= 4 is 0 Å². The maximum Gasteiger partial charge on any atom is 0.119 e. The minimum Gasteiger partial charge on any atom is -0.494 e. The van der Waals surface area contributed by atoms with E-state index in [0.29, 0.717) is 0 Å². The molecular formula is C18H31NO2. The second kappa shape index (κ2) is 10.6. The molecule has 0 bridgehead atoms. The van der Waals surface area contributed by atoms with Gasteiger partial charge in [0.25, 0.3) is 0 Å². The van der Waals surface area contributed by atoms with Crippen molar-refractivity contribution < 1.29 is 9.47 Å².